The van der Waals surface area contributed by atoms with Crippen LogP contribution < -0.4 is 5.73 Å². The van der Waals surface area contributed by atoms with Crippen LogP contribution in [0.2, 0.25) is 0 Å². The van der Waals surface area contributed by atoms with E-state index in [0.29, 0.717) is 12.8 Å². The summed E-state index contributed by atoms with van der Waals surface area (Å²) < 4.78 is 26.8. The van der Waals surface area contributed by atoms with E-state index in [-0.39, 0.29) is 25.6 Å². The largest absolute Gasteiger partial charge is 0.483 e. The third kappa shape index (κ3) is 5.27. The number of carbonyl (C=O) groups is 3. The average molecular weight is 344 g/mol. The van der Waals surface area contributed by atoms with Gasteiger partial charge in [0.1, 0.15) is 11.6 Å². The Morgan fingerprint density at radius 2 is 1.88 bits per heavy atom. The molecule has 9 heteroatoms. The molecule has 0 bridgehead atoms. The van der Waals surface area contributed by atoms with Gasteiger partial charge in [-0.15, -0.1) is 0 Å². The van der Waals surface area contributed by atoms with Crippen molar-refractivity contribution in [1.29, 1.82) is 0 Å². The summed E-state index contributed by atoms with van der Waals surface area (Å²) in [5.74, 6) is -4.09. The molecule has 4 N–H and O–H groups in total. The Bertz CT molecular complexity index is 612. The van der Waals surface area contributed by atoms with E-state index in [1.165, 1.54) is 4.90 Å². The van der Waals surface area contributed by atoms with Crippen LogP contribution in [0.15, 0.2) is 18.2 Å². The molecule has 0 radical (unpaired) electrons. The summed E-state index contributed by atoms with van der Waals surface area (Å²) in [6.45, 7) is -0.184. The van der Waals surface area contributed by atoms with Crippen LogP contribution in [0, 0.1) is 17.6 Å². The SMILES string of the molecule is N[C@@H]1CC[C@H](C(=O)O)CN(C(=O)c2cc(F)ccc2F)C1.O=CO. The van der Waals surface area contributed by atoms with Crippen LogP contribution in [0.25, 0.3) is 0 Å². The van der Waals surface area contributed by atoms with E-state index in [2.05, 4.69) is 0 Å². The Kier molecular flexibility index (Phi) is 7.25. The summed E-state index contributed by atoms with van der Waals surface area (Å²) in [5.41, 5.74) is 5.41. The fourth-order valence-electron chi connectivity index (χ4n) is 2.42. The van der Waals surface area contributed by atoms with Crippen molar-refractivity contribution < 1.29 is 33.4 Å². The van der Waals surface area contributed by atoms with E-state index < -0.39 is 35.0 Å². The van der Waals surface area contributed by atoms with Gasteiger partial charge in [-0.05, 0) is 31.0 Å². The number of halogens is 2. The summed E-state index contributed by atoms with van der Waals surface area (Å²) in [4.78, 5) is 33.0. The normalized spacial score (nSPS) is 20.4. The number of carboxylic acid groups (broad SMARTS) is 2. The molecule has 0 aliphatic carbocycles. The maximum atomic E-state index is 13.7. The Labute approximate surface area is 136 Å². The van der Waals surface area contributed by atoms with Crippen LogP contribution in [0.3, 0.4) is 0 Å². The number of likely N-dealkylation sites (tertiary alicyclic amines) is 1. The molecule has 0 spiro atoms. The molecule has 0 unspecified atom stereocenters. The Morgan fingerprint density at radius 3 is 2.46 bits per heavy atom. The van der Waals surface area contributed by atoms with Gasteiger partial charge in [-0.3, -0.25) is 14.4 Å². The first-order valence-corrected chi connectivity index (χ1v) is 7.10. The molecule has 1 fully saturated rings. The van der Waals surface area contributed by atoms with Crippen LogP contribution in [-0.4, -0.2) is 52.6 Å². The zero-order valence-electron chi connectivity index (χ0n) is 12.7. The number of nitrogens with two attached hydrogens (primary N) is 1. The number of hydrogen-bond acceptors (Lipinski definition) is 4. The van der Waals surface area contributed by atoms with Crippen molar-refractivity contribution >= 4 is 18.3 Å². The van der Waals surface area contributed by atoms with Gasteiger partial charge in [0.25, 0.3) is 12.4 Å². The third-order valence-corrected chi connectivity index (χ3v) is 3.58. The van der Waals surface area contributed by atoms with Gasteiger partial charge in [0, 0.05) is 19.1 Å². The molecule has 1 aromatic rings. The molecular formula is C15H18F2N2O5. The smallest absolute Gasteiger partial charge is 0.308 e. The molecule has 0 aromatic heterocycles. The lowest BCUT2D eigenvalue weighted by atomic mass is 10.0. The first-order chi connectivity index (χ1) is 11.3. The van der Waals surface area contributed by atoms with E-state index in [1.807, 2.05) is 0 Å². The molecule has 7 nitrogen and oxygen atoms in total. The molecule has 1 aliphatic heterocycles. The predicted octanol–water partition coefficient (Wildman–Crippen LogP) is 0.930. The number of benzene rings is 1. The topological polar surface area (TPSA) is 121 Å². The van der Waals surface area contributed by atoms with Gasteiger partial charge in [-0.1, -0.05) is 0 Å². The van der Waals surface area contributed by atoms with Crippen molar-refractivity contribution in [3.63, 3.8) is 0 Å². The zero-order valence-corrected chi connectivity index (χ0v) is 12.7. The van der Waals surface area contributed by atoms with Crippen LogP contribution in [0.4, 0.5) is 8.78 Å². The molecule has 132 valence electrons. The van der Waals surface area contributed by atoms with Gasteiger partial charge in [-0.25, -0.2) is 8.78 Å². The first-order valence-electron chi connectivity index (χ1n) is 7.10. The highest BCUT2D eigenvalue weighted by Gasteiger charge is 2.30. The van der Waals surface area contributed by atoms with Gasteiger partial charge < -0.3 is 20.8 Å². The molecular weight excluding hydrogens is 326 g/mol. The van der Waals surface area contributed by atoms with Crippen molar-refractivity contribution in [2.24, 2.45) is 11.7 Å². The summed E-state index contributed by atoms with van der Waals surface area (Å²) in [7, 11) is 0. The molecule has 2 atom stereocenters. The Morgan fingerprint density at radius 1 is 1.25 bits per heavy atom. The zero-order chi connectivity index (χ0) is 18.3. The lowest BCUT2D eigenvalue weighted by Crippen LogP contribution is -2.41. The lowest BCUT2D eigenvalue weighted by molar-refractivity contribution is -0.142. The molecule has 1 aromatic carbocycles. The molecule has 1 heterocycles. The quantitative estimate of drug-likeness (QED) is 0.686. The van der Waals surface area contributed by atoms with E-state index in [1.54, 1.807) is 0 Å². The molecule has 0 saturated carbocycles. The monoisotopic (exact) mass is 344 g/mol. The number of nitrogens with zero attached hydrogens (tertiary/aromatic N) is 1. The second-order valence-electron chi connectivity index (χ2n) is 5.31. The highest BCUT2D eigenvalue weighted by atomic mass is 19.1. The minimum Gasteiger partial charge on any atom is -0.483 e. The van der Waals surface area contributed by atoms with Crippen molar-refractivity contribution in [3.8, 4) is 0 Å². The van der Waals surface area contributed by atoms with Gasteiger partial charge in [-0.2, -0.15) is 0 Å². The number of aliphatic carboxylic acids is 1. The number of rotatable bonds is 2. The fraction of sp³-hybridized carbons (Fsp3) is 0.400. The fourth-order valence-corrected chi connectivity index (χ4v) is 2.42. The van der Waals surface area contributed by atoms with E-state index >= 15 is 0 Å². The number of hydrogen-bond donors (Lipinski definition) is 3. The van der Waals surface area contributed by atoms with Crippen molar-refractivity contribution in [1.82, 2.24) is 4.90 Å². The molecule has 1 amide bonds. The number of carboxylic acids is 1. The van der Waals surface area contributed by atoms with E-state index in [0.717, 1.165) is 18.2 Å². The maximum Gasteiger partial charge on any atom is 0.308 e. The van der Waals surface area contributed by atoms with Crippen LogP contribution in [0.1, 0.15) is 23.2 Å². The summed E-state index contributed by atoms with van der Waals surface area (Å²) >= 11 is 0. The highest BCUT2D eigenvalue weighted by molar-refractivity contribution is 5.94. The van der Waals surface area contributed by atoms with E-state index in [9.17, 15) is 18.4 Å². The third-order valence-electron chi connectivity index (χ3n) is 3.58. The molecule has 24 heavy (non-hydrogen) atoms. The number of carbonyl (C=O) groups excluding carboxylic acids is 1. The number of amides is 1. The summed E-state index contributed by atoms with van der Waals surface area (Å²) in [6, 6.07) is 2.22. The van der Waals surface area contributed by atoms with Crippen molar-refractivity contribution in [2.75, 3.05) is 13.1 Å². The van der Waals surface area contributed by atoms with E-state index in [4.69, 9.17) is 20.7 Å². The molecule has 1 saturated heterocycles. The average Bonchev–Trinajstić information content (AvgIpc) is 2.72. The second-order valence-corrected chi connectivity index (χ2v) is 5.31. The maximum absolute atomic E-state index is 13.7. The predicted molar refractivity (Wildman–Crippen MR) is 79.3 cm³/mol. The minimum atomic E-state index is -1.03. The van der Waals surface area contributed by atoms with Crippen LogP contribution in [-0.2, 0) is 9.59 Å². The van der Waals surface area contributed by atoms with Crippen molar-refractivity contribution in [2.45, 2.75) is 18.9 Å². The first kappa shape index (κ1) is 19.5. The lowest BCUT2D eigenvalue weighted by Gasteiger charge is -2.24. The van der Waals surface area contributed by atoms with Gasteiger partial charge in [0.05, 0.1) is 11.5 Å². The summed E-state index contributed by atoms with van der Waals surface area (Å²) in [5, 5.41) is 16.0. The Balaban J connectivity index is 0.000000891. The standard InChI is InChI=1S/C14H16F2N2O3.CH2O2/c15-9-2-4-12(16)11(5-9)13(19)18-6-8(14(20)21)1-3-10(17)7-18;2-1-3/h2,4-5,8,10H,1,3,6-7,17H2,(H,20,21);1H,(H,2,3)/t8-,10+;/m0./s1. The van der Waals surface area contributed by atoms with Crippen molar-refractivity contribution in [3.05, 3.63) is 35.4 Å². The van der Waals surface area contributed by atoms with Gasteiger partial charge in [0.15, 0.2) is 0 Å². The Hall–Kier alpha value is -2.55. The molecule has 1 aliphatic rings. The highest BCUT2D eigenvalue weighted by Crippen LogP contribution is 2.20. The van der Waals surface area contributed by atoms with Gasteiger partial charge in [0.2, 0.25) is 0 Å². The summed E-state index contributed by atoms with van der Waals surface area (Å²) in [6.07, 6.45) is 0.818. The van der Waals surface area contributed by atoms with Crippen LogP contribution >= 0.6 is 0 Å². The van der Waals surface area contributed by atoms with Gasteiger partial charge >= 0.3 is 5.97 Å². The van der Waals surface area contributed by atoms with Crippen LogP contribution in [0.5, 0.6) is 0 Å². The minimum absolute atomic E-state index is 0.0577. The second kappa shape index (κ2) is 8.92. The molecule has 2 rings (SSSR count).